The number of likely N-dealkylation sites (tertiary alicyclic amines) is 1. The molecule has 1 saturated heterocycles. The Kier molecular flexibility index (Phi) is 4.83. The number of aromatic amines is 1. The van der Waals surface area contributed by atoms with Crippen LogP contribution in [0.15, 0.2) is 30.3 Å². The summed E-state index contributed by atoms with van der Waals surface area (Å²) in [6.07, 6.45) is 1.97. The largest absolute Gasteiger partial charge is 0.489 e. The Bertz CT molecular complexity index is 681. The van der Waals surface area contributed by atoms with Gasteiger partial charge < -0.3 is 9.84 Å². The molecule has 0 atom stereocenters. The summed E-state index contributed by atoms with van der Waals surface area (Å²) in [5.74, 6) is -0.286. The van der Waals surface area contributed by atoms with Gasteiger partial charge in [-0.25, -0.2) is 4.79 Å². The van der Waals surface area contributed by atoms with Gasteiger partial charge in [0.15, 0.2) is 5.69 Å². The molecule has 0 bridgehead atoms. The Labute approximate surface area is 139 Å². The third-order valence-corrected chi connectivity index (χ3v) is 4.22. The second-order valence-electron chi connectivity index (χ2n) is 5.61. The maximum atomic E-state index is 10.8. The molecule has 0 unspecified atom stereocenters. The maximum absolute atomic E-state index is 10.8. The van der Waals surface area contributed by atoms with Gasteiger partial charge in [0, 0.05) is 19.6 Å². The average Bonchev–Trinajstić information content (AvgIpc) is 3.00. The lowest BCUT2D eigenvalue weighted by atomic mass is 10.1. The second-order valence-corrected chi connectivity index (χ2v) is 6.01. The Morgan fingerprint density at radius 3 is 2.78 bits per heavy atom. The summed E-state index contributed by atoms with van der Waals surface area (Å²) < 4.78 is 5.96. The number of nitrogens with zero attached hydrogens (tertiary/aromatic N) is 2. The van der Waals surface area contributed by atoms with Crippen molar-refractivity contribution in [3.05, 3.63) is 46.7 Å². The molecule has 2 N–H and O–H groups in total. The first-order valence-corrected chi connectivity index (χ1v) is 7.91. The van der Waals surface area contributed by atoms with Gasteiger partial charge >= 0.3 is 5.97 Å². The molecule has 7 heteroatoms. The van der Waals surface area contributed by atoms with Crippen LogP contribution in [0.1, 0.15) is 29.0 Å². The second kappa shape index (κ2) is 7.02. The van der Waals surface area contributed by atoms with Gasteiger partial charge in [0.25, 0.3) is 0 Å². The molecule has 0 aliphatic carbocycles. The number of halogens is 1. The van der Waals surface area contributed by atoms with Crippen molar-refractivity contribution in [1.82, 2.24) is 15.1 Å². The fourth-order valence-corrected chi connectivity index (χ4v) is 2.88. The molecule has 0 saturated carbocycles. The number of carbonyl (C=O) groups is 1. The molecule has 6 nitrogen and oxygen atoms in total. The first kappa shape index (κ1) is 15.8. The topological polar surface area (TPSA) is 78.5 Å². The summed E-state index contributed by atoms with van der Waals surface area (Å²) >= 11 is 6.11. The van der Waals surface area contributed by atoms with Gasteiger partial charge in [0.2, 0.25) is 0 Å². The zero-order valence-corrected chi connectivity index (χ0v) is 13.3. The van der Waals surface area contributed by atoms with E-state index in [0.29, 0.717) is 11.6 Å². The summed E-state index contributed by atoms with van der Waals surface area (Å²) in [4.78, 5) is 13.1. The van der Waals surface area contributed by atoms with Gasteiger partial charge in [-0.05, 0) is 31.0 Å². The van der Waals surface area contributed by atoms with Gasteiger partial charge in [-0.15, -0.1) is 0 Å². The smallest absolute Gasteiger partial charge is 0.356 e. The van der Waals surface area contributed by atoms with E-state index in [9.17, 15) is 4.79 Å². The van der Waals surface area contributed by atoms with Crippen molar-refractivity contribution >= 4 is 17.6 Å². The van der Waals surface area contributed by atoms with Crippen molar-refractivity contribution in [2.24, 2.45) is 0 Å². The number of para-hydroxylation sites is 1. The number of ether oxygens (including phenoxy) is 1. The number of carboxylic acids is 1. The number of benzene rings is 1. The van der Waals surface area contributed by atoms with Crippen LogP contribution in [0.2, 0.25) is 5.02 Å². The monoisotopic (exact) mass is 335 g/mol. The minimum atomic E-state index is -1.01. The molecular weight excluding hydrogens is 318 g/mol. The first-order chi connectivity index (χ1) is 11.1. The van der Waals surface area contributed by atoms with E-state index in [2.05, 4.69) is 15.1 Å². The van der Waals surface area contributed by atoms with Crippen LogP contribution in [0, 0.1) is 0 Å². The van der Waals surface area contributed by atoms with Gasteiger partial charge in [0.05, 0.1) is 10.7 Å². The molecule has 1 fully saturated rings. The number of hydrogen-bond donors (Lipinski definition) is 2. The number of aromatic nitrogens is 2. The van der Waals surface area contributed by atoms with Crippen LogP contribution >= 0.6 is 11.6 Å². The SMILES string of the molecule is O=C(O)c1cc(CN2CCC(Oc3ccccc3Cl)CC2)[nH]n1. The number of carboxylic acid groups (broad SMARTS) is 1. The molecule has 2 aromatic rings. The van der Waals surface area contributed by atoms with E-state index >= 15 is 0 Å². The number of H-pyrrole nitrogens is 1. The molecule has 122 valence electrons. The summed E-state index contributed by atoms with van der Waals surface area (Å²) in [5.41, 5.74) is 0.866. The van der Waals surface area contributed by atoms with E-state index < -0.39 is 5.97 Å². The minimum absolute atomic E-state index is 0.0527. The van der Waals surface area contributed by atoms with E-state index in [1.165, 1.54) is 0 Å². The predicted octanol–water partition coefficient (Wildman–Crippen LogP) is 2.80. The van der Waals surface area contributed by atoms with Crippen molar-refractivity contribution < 1.29 is 14.6 Å². The van der Waals surface area contributed by atoms with E-state index in [1.807, 2.05) is 24.3 Å². The lowest BCUT2D eigenvalue weighted by Gasteiger charge is -2.31. The molecule has 1 aliphatic heterocycles. The number of aromatic carboxylic acids is 1. The molecule has 1 aromatic heterocycles. The van der Waals surface area contributed by atoms with Crippen LogP contribution in [0.4, 0.5) is 0 Å². The first-order valence-electron chi connectivity index (χ1n) is 7.53. The van der Waals surface area contributed by atoms with E-state index in [4.69, 9.17) is 21.4 Å². The highest BCUT2D eigenvalue weighted by molar-refractivity contribution is 6.32. The number of rotatable bonds is 5. The standard InChI is InChI=1S/C16H18ClN3O3/c17-13-3-1-2-4-15(13)23-12-5-7-20(8-6-12)10-11-9-14(16(21)22)19-18-11/h1-4,9,12H,5-8,10H2,(H,18,19)(H,21,22). The van der Waals surface area contributed by atoms with Crippen LogP contribution < -0.4 is 4.74 Å². The summed E-state index contributed by atoms with van der Waals surface area (Å²) in [6.45, 7) is 2.44. The van der Waals surface area contributed by atoms with Crippen LogP contribution in [0.25, 0.3) is 0 Å². The molecule has 3 rings (SSSR count). The quantitative estimate of drug-likeness (QED) is 0.878. The molecule has 1 aromatic carbocycles. The van der Waals surface area contributed by atoms with Crippen molar-refractivity contribution in [1.29, 1.82) is 0 Å². The van der Waals surface area contributed by atoms with Gasteiger partial charge in [-0.3, -0.25) is 10.00 Å². The maximum Gasteiger partial charge on any atom is 0.356 e. The molecule has 1 aliphatic rings. The lowest BCUT2D eigenvalue weighted by molar-refractivity contribution is 0.0690. The Balaban J connectivity index is 1.50. The molecule has 0 spiro atoms. The predicted molar refractivity (Wildman–Crippen MR) is 85.9 cm³/mol. The average molecular weight is 336 g/mol. The van der Waals surface area contributed by atoms with Crippen LogP contribution in [0.5, 0.6) is 5.75 Å². The van der Waals surface area contributed by atoms with Crippen molar-refractivity contribution in [2.75, 3.05) is 13.1 Å². The summed E-state index contributed by atoms with van der Waals surface area (Å²) in [7, 11) is 0. The fraction of sp³-hybridized carbons (Fsp3) is 0.375. The van der Waals surface area contributed by atoms with E-state index in [-0.39, 0.29) is 11.8 Å². The lowest BCUT2D eigenvalue weighted by Crippen LogP contribution is -2.37. The zero-order chi connectivity index (χ0) is 16.2. The Morgan fingerprint density at radius 1 is 1.39 bits per heavy atom. The highest BCUT2D eigenvalue weighted by Gasteiger charge is 2.22. The van der Waals surface area contributed by atoms with E-state index in [0.717, 1.165) is 37.4 Å². The molecule has 2 heterocycles. The molecule has 0 amide bonds. The Morgan fingerprint density at radius 2 is 2.13 bits per heavy atom. The van der Waals surface area contributed by atoms with E-state index in [1.54, 1.807) is 6.07 Å². The normalized spacial score (nSPS) is 16.4. The van der Waals surface area contributed by atoms with Gasteiger partial charge in [-0.1, -0.05) is 23.7 Å². The Hall–Kier alpha value is -2.05. The summed E-state index contributed by atoms with van der Waals surface area (Å²) in [5, 5.41) is 16.1. The van der Waals surface area contributed by atoms with Crippen molar-refractivity contribution in [2.45, 2.75) is 25.5 Å². The van der Waals surface area contributed by atoms with Crippen LogP contribution in [-0.2, 0) is 6.54 Å². The molecular formula is C16H18ClN3O3. The van der Waals surface area contributed by atoms with Crippen molar-refractivity contribution in [3.63, 3.8) is 0 Å². The highest BCUT2D eigenvalue weighted by Crippen LogP contribution is 2.27. The molecule has 23 heavy (non-hydrogen) atoms. The third-order valence-electron chi connectivity index (χ3n) is 3.91. The minimum Gasteiger partial charge on any atom is -0.489 e. The fourth-order valence-electron chi connectivity index (χ4n) is 2.70. The highest BCUT2D eigenvalue weighted by atomic mass is 35.5. The summed E-state index contributed by atoms with van der Waals surface area (Å²) in [6, 6.07) is 9.08. The zero-order valence-electron chi connectivity index (χ0n) is 12.5. The van der Waals surface area contributed by atoms with Gasteiger partial charge in [0.1, 0.15) is 11.9 Å². The number of nitrogens with one attached hydrogen (secondary N) is 1. The van der Waals surface area contributed by atoms with Gasteiger partial charge in [-0.2, -0.15) is 5.10 Å². The van der Waals surface area contributed by atoms with Crippen LogP contribution in [-0.4, -0.2) is 45.4 Å². The number of hydrogen-bond acceptors (Lipinski definition) is 4. The third kappa shape index (κ3) is 4.03. The number of piperidine rings is 1. The molecule has 0 radical (unpaired) electrons. The van der Waals surface area contributed by atoms with Crippen molar-refractivity contribution in [3.8, 4) is 5.75 Å². The van der Waals surface area contributed by atoms with Crippen LogP contribution in [0.3, 0.4) is 0 Å².